The van der Waals surface area contributed by atoms with E-state index in [2.05, 4.69) is 48.7 Å². The van der Waals surface area contributed by atoms with E-state index in [1.807, 2.05) is 0 Å². The summed E-state index contributed by atoms with van der Waals surface area (Å²) in [5.41, 5.74) is 2.81. The van der Waals surface area contributed by atoms with Crippen LogP contribution in [0.2, 0.25) is 0 Å². The summed E-state index contributed by atoms with van der Waals surface area (Å²) >= 11 is 0. The van der Waals surface area contributed by atoms with Gasteiger partial charge in [0.2, 0.25) is 0 Å². The van der Waals surface area contributed by atoms with Crippen LogP contribution in [0.5, 0.6) is 0 Å². The number of hydrogen-bond acceptors (Lipinski definition) is 1. The minimum atomic E-state index is 0.613. The van der Waals surface area contributed by atoms with Crippen LogP contribution in [0.15, 0.2) is 36.4 Å². The van der Waals surface area contributed by atoms with Crippen molar-refractivity contribution in [1.29, 1.82) is 0 Å². The molecule has 0 amide bonds. The van der Waals surface area contributed by atoms with E-state index in [1.165, 1.54) is 17.7 Å². The molecule has 1 aromatic carbocycles. The van der Waals surface area contributed by atoms with Crippen molar-refractivity contribution >= 4 is 5.69 Å². The molecule has 1 heteroatoms. The summed E-state index contributed by atoms with van der Waals surface area (Å²) in [4.78, 5) is 0. The van der Waals surface area contributed by atoms with Gasteiger partial charge in [-0.1, -0.05) is 37.3 Å². The van der Waals surface area contributed by atoms with Crippen molar-refractivity contribution < 1.29 is 0 Å². The molecular weight excluding hydrogens is 170 g/mol. The number of para-hydroxylation sites is 1. The fraction of sp³-hybridized carbons (Fsp3) is 0.385. The van der Waals surface area contributed by atoms with Crippen molar-refractivity contribution in [2.24, 2.45) is 5.92 Å². The Hall–Kier alpha value is -1.24. The summed E-state index contributed by atoms with van der Waals surface area (Å²) in [6, 6.07) is 9.30. The summed E-state index contributed by atoms with van der Waals surface area (Å²) in [5.74, 6) is 1.33. The molecule has 1 nitrogen and oxygen atoms in total. The molecule has 3 rings (SSSR count). The van der Waals surface area contributed by atoms with Gasteiger partial charge in [-0.15, -0.1) is 0 Å². The van der Waals surface area contributed by atoms with Gasteiger partial charge in [0.15, 0.2) is 0 Å². The van der Waals surface area contributed by atoms with Gasteiger partial charge in [-0.3, -0.25) is 0 Å². The molecule has 0 spiro atoms. The van der Waals surface area contributed by atoms with Gasteiger partial charge in [0.1, 0.15) is 0 Å². The number of nitrogens with one attached hydrogen (secondary N) is 1. The summed E-state index contributed by atoms with van der Waals surface area (Å²) < 4.78 is 0. The number of allylic oxidation sites excluding steroid dienone is 1. The van der Waals surface area contributed by atoms with Crippen LogP contribution in [0.3, 0.4) is 0 Å². The molecule has 0 aromatic heterocycles. The maximum absolute atomic E-state index is 3.62. The van der Waals surface area contributed by atoms with E-state index in [0.717, 1.165) is 5.92 Å². The topological polar surface area (TPSA) is 12.0 Å². The largest absolute Gasteiger partial charge is 0.381 e. The van der Waals surface area contributed by atoms with Gasteiger partial charge < -0.3 is 5.32 Å². The van der Waals surface area contributed by atoms with Crippen LogP contribution < -0.4 is 5.32 Å². The normalized spacial score (nSPS) is 33.4. The van der Waals surface area contributed by atoms with Crippen molar-refractivity contribution in [3.8, 4) is 0 Å². The maximum Gasteiger partial charge on any atom is 0.0382 e. The SMILES string of the molecule is CC1C=CC2c3ccccc3NC2C1. The number of fused-ring (bicyclic) bond motifs is 3. The average Bonchev–Trinajstić information content (AvgIpc) is 2.54. The Bertz CT molecular complexity index is 381. The summed E-state index contributed by atoms with van der Waals surface area (Å²) in [6.45, 7) is 2.29. The number of benzene rings is 1. The second-order valence-electron chi connectivity index (χ2n) is 4.46. The molecule has 14 heavy (non-hydrogen) atoms. The Balaban J connectivity index is 2.03. The van der Waals surface area contributed by atoms with Crippen LogP contribution in [0, 0.1) is 5.92 Å². The average molecular weight is 185 g/mol. The first-order chi connectivity index (χ1) is 6.84. The van der Waals surface area contributed by atoms with Gasteiger partial charge >= 0.3 is 0 Å². The predicted octanol–water partition coefficient (Wildman–Crippen LogP) is 3.16. The van der Waals surface area contributed by atoms with Crippen molar-refractivity contribution in [2.45, 2.75) is 25.3 Å². The molecule has 1 aliphatic heterocycles. The van der Waals surface area contributed by atoms with Crippen molar-refractivity contribution in [1.82, 2.24) is 0 Å². The van der Waals surface area contributed by atoms with E-state index in [1.54, 1.807) is 0 Å². The highest BCUT2D eigenvalue weighted by molar-refractivity contribution is 5.61. The fourth-order valence-corrected chi connectivity index (χ4v) is 2.66. The minimum absolute atomic E-state index is 0.613. The fourth-order valence-electron chi connectivity index (χ4n) is 2.66. The summed E-state index contributed by atoms with van der Waals surface area (Å²) in [7, 11) is 0. The Morgan fingerprint density at radius 3 is 3.00 bits per heavy atom. The van der Waals surface area contributed by atoms with Crippen LogP contribution in [0.1, 0.15) is 24.8 Å². The lowest BCUT2D eigenvalue weighted by molar-refractivity contribution is 0.512. The van der Waals surface area contributed by atoms with E-state index < -0.39 is 0 Å². The number of anilines is 1. The van der Waals surface area contributed by atoms with Gasteiger partial charge in [-0.25, -0.2) is 0 Å². The van der Waals surface area contributed by atoms with Gasteiger partial charge in [-0.05, 0) is 24.0 Å². The summed E-state index contributed by atoms with van der Waals surface area (Å²) in [5, 5.41) is 3.62. The molecule has 1 N–H and O–H groups in total. The third-order valence-electron chi connectivity index (χ3n) is 3.37. The maximum atomic E-state index is 3.62. The lowest BCUT2D eigenvalue weighted by Gasteiger charge is -2.24. The van der Waals surface area contributed by atoms with E-state index in [9.17, 15) is 0 Å². The van der Waals surface area contributed by atoms with Crippen molar-refractivity contribution in [3.05, 3.63) is 42.0 Å². The molecule has 1 aromatic rings. The second kappa shape index (κ2) is 2.88. The third kappa shape index (κ3) is 1.08. The van der Waals surface area contributed by atoms with Crippen LogP contribution in [0.25, 0.3) is 0 Å². The smallest absolute Gasteiger partial charge is 0.0382 e. The van der Waals surface area contributed by atoms with E-state index in [0.29, 0.717) is 12.0 Å². The Morgan fingerprint density at radius 2 is 2.07 bits per heavy atom. The van der Waals surface area contributed by atoms with Crippen molar-refractivity contribution in [2.75, 3.05) is 5.32 Å². The minimum Gasteiger partial charge on any atom is -0.381 e. The molecule has 72 valence electrons. The lowest BCUT2D eigenvalue weighted by atomic mass is 9.84. The highest BCUT2D eigenvalue weighted by Gasteiger charge is 2.32. The summed E-state index contributed by atoms with van der Waals surface area (Å²) in [6.07, 6.45) is 5.98. The monoisotopic (exact) mass is 185 g/mol. The highest BCUT2D eigenvalue weighted by atomic mass is 15.0. The van der Waals surface area contributed by atoms with E-state index in [4.69, 9.17) is 0 Å². The Morgan fingerprint density at radius 1 is 1.21 bits per heavy atom. The molecule has 0 radical (unpaired) electrons. The van der Waals surface area contributed by atoms with E-state index >= 15 is 0 Å². The standard InChI is InChI=1S/C13H15N/c1-9-6-7-11-10-4-2-3-5-12(10)14-13(11)8-9/h2-7,9,11,13-14H,8H2,1H3. The zero-order chi connectivity index (χ0) is 9.54. The first-order valence-electron chi connectivity index (χ1n) is 5.38. The number of rotatable bonds is 0. The molecule has 2 aliphatic rings. The first-order valence-corrected chi connectivity index (χ1v) is 5.38. The lowest BCUT2D eigenvalue weighted by Crippen LogP contribution is -2.24. The van der Waals surface area contributed by atoms with Crippen molar-refractivity contribution in [3.63, 3.8) is 0 Å². The Labute approximate surface area is 84.8 Å². The Kier molecular flexibility index (Phi) is 1.66. The van der Waals surface area contributed by atoms with Gasteiger partial charge in [0.05, 0.1) is 0 Å². The molecule has 3 unspecified atom stereocenters. The van der Waals surface area contributed by atoms with Crippen LogP contribution in [-0.4, -0.2) is 6.04 Å². The molecule has 0 saturated carbocycles. The molecule has 0 fully saturated rings. The highest BCUT2D eigenvalue weighted by Crippen LogP contribution is 2.41. The predicted molar refractivity (Wildman–Crippen MR) is 59.5 cm³/mol. The quantitative estimate of drug-likeness (QED) is 0.612. The van der Waals surface area contributed by atoms with Crippen LogP contribution in [-0.2, 0) is 0 Å². The first kappa shape index (κ1) is 8.10. The second-order valence-corrected chi connectivity index (χ2v) is 4.46. The molecule has 3 atom stereocenters. The zero-order valence-corrected chi connectivity index (χ0v) is 8.40. The molecular formula is C13H15N. The molecule has 1 aliphatic carbocycles. The van der Waals surface area contributed by atoms with Gasteiger partial charge in [-0.2, -0.15) is 0 Å². The number of hydrogen-bond donors (Lipinski definition) is 1. The van der Waals surface area contributed by atoms with Gasteiger partial charge in [0.25, 0.3) is 0 Å². The van der Waals surface area contributed by atoms with Crippen LogP contribution >= 0.6 is 0 Å². The van der Waals surface area contributed by atoms with Gasteiger partial charge in [0, 0.05) is 17.6 Å². The zero-order valence-electron chi connectivity index (χ0n) is 8.40. The molecule has 1 heterocycles. The van der Waals surface area contributed by atoms with E-state index in [-0.39, 0.29) is 0 Å². The third-order valence-corrected chi connectivity index (χ3v) is 3.37. The van der Waals surface area contributed by atoms with Crippen LogP contribution in [0.4, 0.5) is 5.69 Å². The molecule has 0 bridgehead atoms. The molecule has 0 saturated heterocycles.